The van der Waals surface area contributed by atoms with E-state index in [9.17, 15) is 28.7 Å². The molecule has 4 rings (SSSR count). The maximum absolute atomic E-state index is 13.7. The van der Waals surface area contributed by atoms with Crippen molar-refractivity contribution < 1.29 is 42.6 Å². The molecule has 5 atom stereocenters. The quantitative estimate of drug-likeness (QED) is 0.302. The van der Waals surface area contributed by atoms with Crippen molar-refractivity contribution in [1.82, 2.24) is 15.2 Å². The van der Waals surface area contributed by atoms with Crippen molar-refractivity contribution in [3.8, 4) is 0 Å². The fourth-order valence-electron chi connectivity index (χ4n) is 5.65. The maximum atomic E-state index is 13.7. The van der Waals surface area contributed by atoms with Gasteiger partial charge in [0.15, 0.2) is 11.6 Å². The monoisotopic (exact) mass is 678 g/mol. The molecule has 3 N–H and O–H groups in total. The molecule has 1 saturated heterocycles. The second kappa shape index (κ2) is 17.4. The van der Waals surface area contributed by atoms with Crippen LogP contribution in [0.5, 0.6) is 0 Å². The molecule has 0 radical (unpaired) electrons. The average Bonchev–Trinajstić information content (AvgIpc) is 3.74. The predicted octanol–water partition coefficient (Wildman–Crippen LogP) is 4.89. The summed E-state index contributed by atoms with van der Waals surface area (Å²) in [6.45, 7) is 9.72. The summed E-state index contributed by atoms with van der Waals surface area (Å²) < 4.78 is 30.2. The minimum atomic E-state index is -0.891. The van der Waals surface area contributed by atoms with E-state index in [4.69, 9.17) is 13.9 Å². The van der Waals surface area contributed by atoms with Gasteiger partial charge in [-0.3, -0.25) is 14.9 Å². The molecule has 0 saturated carbocycles. The summed E-state index contributed by atoms with van der Waals surface area (Å²) in [6, 6.07) is 4.29. The number of aliphatic hydroxyl groups excluding tert-OH is 1. The highest BCUT2D eigenvalue weighted by Gasteiger charge is 2.39. The number of oxazole rings is 1. The van der Waals surface area contributed by atoms with Gasteiger partial charge < -0.3 is 29.2 Å². The highest BCUT2D eigenvalue weighted by molar-refractivity contribution is 5.95. The lowest BCUT2D eigenvalue weighted by atomic mass is 9.93. The molecule has 0 aliphatic carbocycles. The maximum Gasteiger partial charge on any atom is 0.411 e. The number of rotatable bonds is 4. The summed E-state index contributed by atoms with van der Waals surface area (Å²) in [4.78, 5) is 57.9. The number of benzene rings is 1. The third kappa shape index (κ3) is 11.0. The number of allylic oxidation sites excluding steroid dienone is 2. The third-order valence-electron chi connectivity index (χ3n) is 8.14. The molecule has 0 spiro atoms. The Balaban J connectivity index is 1.54. The molecule has 1 aromatic carbocycles. The van der Waals surface area contributed by atoms with Crippen molar-refractivity contribution in [3.05, 3.63) is 96.0 Å². The molecule has 3 heterocycles. The van der Waals surface area contributed by atoms with E-state index < -0.39 is 53.9 Å². The van der Waals surface area contributed by atoms with E-state index in [0.29, 0.717) is 30.6 Å². The summed E-state index contributed by atoms with van der Waals surface area (Å²) in [5.41, 5.74) is 1.81. The summed E-state index contributed by atoms with van der Waals surface area (Å²) in [5.74, 6) is -2.74. The number of amides is 3. The molecule has 2 aliphatic rings. The first-order valence-corrected chi connectivity index (χ1v) is 16.2. The Morgan fingerprint density at radius 1 is 1.24 bits per heavy atom. The van der Waals surface area contributed by atoms with Gasteiger partial charge in [0.1, 0.15) is 24.2 Å². The van der Waals surface area contributed by atoms with Gasteiger partial charge >= 0.3 is 12.1 Å². The molecule has 1 aromatic heterocycles. The Hall–Kier alpha value is -5.04. The SMILES string of the molecule is C=C1Cc2nc(co2)C(=O)N2CCC[C@@H]2C(=O)O[C@H]([C@H](C)COC(=O)Nc2ccc(F)cc2)[C@H](C)/C=C/C(=O)NC/C=C/C(C)=C/[C@@H](O)C1. The highest BCUT2D eigenvalue weighted by Crippen LogP contribution is 2.26. The number of hydrogen-bond acceptors (Lipinski definition) is 9. The molecule has 262 valence electrons. The Morgan fingerprint density at radius 2 is 2.00 bits per heavy atom. The number of esters is 1. The van der Waals surface area contributed by atoms with Crippen LogP contribution in [0.4, 0.5) is 14.9 Å². The normalized spacial score (nSPS) is 26.0. The molecule has 13 heteroatoms. The average molecular weight is 679 g/mol. The van der Waals surface area contributed by atoms with Crippen LogP contribution in [0, 0.1) is 17.7 Å². The number of nitrogens with zero attached hydrogens (tertiary/aromatic N) is 2. The van der Waals surface area contributed by atoms with Gasteiger partial charge in [-0.1, -0.05) is 55.9 Å². The minimum Gasteiger partial charge on any atom is -0.460 e. The van der Waals surface area contributed by atoms with Crippen molar-refractivity contribution in [2.75, 3.05) is 25.0 Å². The Morgan fingerprint density at radius 3 is 2.76 bits per heavy atom. The number of ether oxygens (including phenoxy) is 2. The van der Waals surface area contributed by atoms with Crippen LogP contribution < -0.4 is 10.6 Å². The molecule has 49 heavy (non-hydrogen) atoms. The van der Waals surface area contributed by atoms with Crippen LogP contribution in [0.25, 0.3) is 0 Å². The van der Waals surface area contributed by atoms with Crippen LogP contribution in [0.2, 0.25) is 0 Å². The standard InChI is InChI=1S/C36H43FN4O8/c1-22-7-5-15-38-31(43)14-9-24(3)33(25(4)20-48-36(46)39-27-12-10-26(37)11-13-27)49-35(45)30-8-6-16-41(30)34(44)29-21-47-32(40-29)19-23(2)18-28(42)17-22/h5,7,9-14,17,21,24-25,28,30,33,42H,2,6,8,15-16,18-20H2,1,3-4H3,(H,38,43)(H,39,46)/b7-5+,14-9+,22-17+/t24-,25-,28-,30-,33+/m1/s1. The third-order valence-corrected chi connectivity index (χ3v) is 8.14. The van der Waals surface area contributed by atoms with E-state index in [1.165, 1.54) is 41.5 Å². The number of carbonyl (C=O) groups is 4. The van der Waals surface area contributed by atoms with E-state index in [0.717, 1.165) is 5.57 Å². The lowest BCUT2D eigenvalue weighted by Gasteiger charge is -2.30. The number of carbonyl (C=O) groups excluding carboxylic acids is 4. The van der Waals surface area contributed by atoms with Gasteiger partial charge in [0, 0.05) is 37.0 Å². The lowest BCUT2D eigenvalue weighted by Crippen LogP contribution is -2.44. The van der Waals surface area contributed by atoms with Gasteiger partial charge in [-0.25, -0.2) is 19.0 Å². The van der Waals surface area contributed by atoms with E-state index >= 15 is 0 Å². The van der Waals surface area contributed by atoms with Gasteiger partial charge in [-0.15, -0.1) is 0 Å². The summed E-state index contributed by atoms with van der Waals surface area (Å²) in [5, 5.41) is 15.8. The first-order valence-electron chi connectivity index (χ1n) is 16.2. The number of anilines is 1. The first kappa shape index (κ1) is 36.8. The number of cyclic esters (lactones) is 1. The minimum absolute atomic E-state index is 0.0371. The lowest BCUT2D eigenvalue weighted by molar-refractivity contribution is -0.159. The Kier molecular flexibility index (Phi) is 13.1. The molecule has 2 bridgehead atoms. The number of aromatic nitrogens is 1. The van der Waals surface area contributed by atoms with Crippen molar-refractivity contribution in [2.45, 2.75) is 64.7 Å². The van der Waals surface area contributed by atoms with E-state index in [1.54, 1.807) is 38.2 Å². The molecule has 2 aromatic rings. The number of hydrogen-bond donors (Lipinski definition) is 3. The predicted molar refractivity (Wildman–Crippen MR) is 179 cm³/mol. The molecule has 12 nitrogen and oxygen atoms in total. The summed E-state index contributed by atoms with van der Waals surface area (Å²) >= 11 is 0. The highest BCUT2D eigenvalue weighted by atomic mass is 19.1. The zero-order valence-electron chi connectivity index (χ0n) is 27.9. The van der Waals surface area contributed by atoms with Crippen molar-refractivity contribution in [3.63, 3.8) is 0 Å². The zero-order valence-corrected chi connectivity index (χ0v) is 27.9. The van der Waals surface area contributed by atoms with Crippen LogP contribution in [0.1, 0.15) is 56.4 Å². The summed E-state index contributed by atoms with van der Waals surface area (Å²) in [7, 11) is 0. The topological polar surface area (TPSA) is 160 Å². The summed E-state index contributed by atoms with van der Waals surface area (Å²) in [6.07, 6.45) is 8.33. The van der Waals surface area contributed by atoms with Crippen molar-refractivity contribution >= 4 is 29.6 Å². The molecular weight excluding hydrogens is 635 g/mol. The molecule has 2 aliphatic heterocycles. The van der Waals surface area contributed by atoms with Crippen molar-refractivity contribution in [2.24, 2.45) is 11.8 Å². The smallest absolute Gasteiger partial charge is 0.411 e. The van der Waals surface area contributed by atoms with Gasteiger partial charge in [0.25, 0.3) is 5.91 Å². The van der Waals surface area contributed by atoms with Crippen LogP contribution in [-0.2, 0) is 25.5 Å². The number of nitrogens with one attached hydrogen (secondary N) is 2. The molecular formula is C36H43FN4O8. The van der Waals surface area contributed by atoms with Crippen LogP contribution in [0.15, 0.2) is 83.1 Å². The van der Waals surface area contributed by atoms with Gasteiger partial charge in [-0.05, 0) is 56.5 Å². The van der Waals surface area contributed by atoms with Crippen LogP contribution >= 0.6 is 0 Å². The molecule has 0 unspecified atom stereocenters. The first-order chi connectivity index (χ1) is 23.4. The second-order valence-corrected chi connectivity index (χ2v) is 12.4. The Bertz CT molecular complexity index is 1600. The molecule has 3 amide bonds. The van der Waals surface area contributed by atoms with Crippen molar-refractivity contribution in [1.29, 1.82) is 0 Å². The fraction of sp³-hybridized carbons (Fsp3) is 0.417. The number of halogens is 1. The van der Waals surface area contributed by atoms with Crippen LogP contribution in [-0.4, -0.2) is 76.8 Å². The Labute approximate surface area is 284 Å². The molecule has 1 fully saturated rings. The van der Waals surface area contributed by atoms with E-state index in [2.05, 4.69) is 22.2 Å². The van der Waals surface area contributed by atoms with Gasteiger partial charge in [0.2, 0.25) is 5.91 Å². The zero-order chi connectivity index (χ0) is 35.5. The van der Waals surface area contributed by atoms with Gasteiger partial charge in [-0.2, -0.15) is 0 Å². The number of aliphatic hydroxyl groups is 1. The second-order valence-electron chi connectivity index (χ2n) is 12.4. The van der Waals surface area contributed by atoms with E-state index in [-0.39, 0.29) is 43.5 Å². The van der Waals surface area contributed by atoms with E-state index in [1.807, 2.05) is 6.92 Å². The van der Waals surface area contributed by atoms with Gasteiger partial charge in [0.05, 0.1) is 12.7 Å². The largest absolute Gasteiger partial charge is 0.460 e. The number of fused-ring (bicyclic) bond motifs is 3. The van der Waals surface area contributed by atoms with Crippen LogP contribution in [0.3, 0.4) is 0 Å². The fourth-order valence-corrected chi connectivity index (χ4v) is 5.65.